The highest BCUT2D eigenvalue weighted by molar-refractivity contribution is 5.84. The fourth-order valence-electron chi connectivity index (χ4n) is 2.48. The van der Waals surface area contributed by atoms with Crippen LogP contribution in [0.4, 0.5) is 11.8 Å². The van der Waals surface area contributed by atoms with Gasteiger partial charge >= 0.3 is 0 Å². The number of fused-ring (bicyclic) bond motifs is 1. The highest BCUT2D eigenvalue weighted by atomic mass is 16.3. The average Bonchev–Trinajstić information content (AvgIpc) is 2.86. The number of H-pyrrole nitrogens is 1. The van der Waals surface area contributed by atoms with Crippen LogP contribution >= 0.6 is 0 Å². The number of aromatic nitrogens is 4. The van der Waals surface area contributed by atoms with Crippen LogP contribution in [0.1, 0.15) is 26.7 Å². The summed E-state index contributed by atoms with van der Waals surface area (Å²) in [7, 11) is 0. The van der Waals surface area contributed by atoms with Crippen LogP contribution in [0, 0.1) is 0 Å². The zero-order valence-electron chi connectivity index (χ0n) is 11.8. The molecule has 1 fully saturated rings. The van der Waals surface area contributed by atoms with E-state index in [1.165, 1.54) is 0 Å². The van der Waals surface area contributed by atoms with Crippen LogP contribution in [0.5, 0.6) is 0 Å². The van der Waals surface area contributed by atoms with Crippen LogP contribution in [0.3, 0.4) is 0 Å². The molecule has 1 saturated heterocycles. The average molecular weight is 276 g/mol. The Kier molecular flexibility index (Phi) is 3.21. The molecule has 0 aliphatic carbocycles. The van der Waals surface area contributed by atoms with Gasteiger partial charge in [0.1, 0.15) is 5.52 Å². The van der Waals surface area contributed by atoms with Gasteiger partial charge in [-0.2, -0.15) is 9.97 Å². The molecule has 3 N–H and O–H groups in total. The van der Waals surface area contributed by atoms with E-state index in [4.69, 9.17) is 0 Å². The van der Waals surface area contributed by atoms with Crippen LogP contribution < -0.4 is 10.2 Å². The number of anilines is 2. The molecule has 3 rings (SSSR count). The molecule has 7 nitrogen and oxygen atoms in total. The summed E-state index contributed by atoms with van der Waals surface area (Å²) in [6.45, 7) is 6.23. The first kappa shape index (κ1) is 13.1. The first-order valence-corrected chi connectivity index (χ1v) is 7.01. The van der Waals surface area contributed by atoms with Gasteiger partial charge in [-0.05, 0) is 26.7 Å². The molecule has 0 bridgehead atoms. The Balaban J connectivity index is 1.95. The third-order valence-corrected chi connectivity index (χ3v) is 3.74. The minimum Gasteiger partial charge on any atom is -0.390 e. The van der Waals surface area contributed by atoms with E-state index in [9.17, 15) is 5.11 Å². The second-order valence-electron chi connectivity index (χ2n) is 5.49. The van der Waals surface area contributed by atoms with Crippen molar-refractivity contribution in [1.29, 1.82) is 0 Å². The van der Waals surface area contributed by atoms with Crippen LogP contribution in [-0.4, -0.2) is 50.3 Å². The maximum absolute atomic E-state index is 10.1. The fraction of sp³-hybridized carbons (Fsp3) is 0.615. The molecule has 0 amide bonds. The lowest BCUT2D eigenvalue weighted by Gasteiger charge is -2.36. The molecule has 0 atom stereocenters. The van der Waals surface area contributed by atoms with Gasteiger partial charge in [-0.1, -0.05) is 0 Å². The Hall–Kier alpha value is -1.89. The predicted molar refractivity (Wildman–Crippen MR) is 77.9 cm³/mol. The number of piperidine rings is 1. The monoisotopic (exact) mass is 276 g/mol. The van der Waals surface area contributed by atoms with E-state index in [1.807, 2.05) is 13.8 Å². The van der Waals surface area contributed by atoms with Crippen molar-refractivity contribution >= 4 is 22.9 Å². The molecule has 0 aromatic carbocycles. The summed E-state index contributed by atoms with van der Waals surface area (Å²) >= 11 is 0. The van der Waals surface area contributed by atoms with Gasteiger partial charge in [0.15, 0.2) is 11.5 Å². The second kappa shape index (κ2) is 4.90. The maximum Gasteiger partial charge on any atom is 0.226 e. The molecular weight excluding hydrogens is 256 g/mol. The van der Waals surface area contributed by atoms with Gasteiger partial charge in [0, 0.05) is 19.6 Å². The van der Waals surface area contributed by atoms with Crippen LogP contribution in [0.2, 0.25) is 0 Å². The number of hydrogen-bond donors (Lipinski definition) is 3. The normalized spacial score (nSPS) is 18.4. The molecule has 108 valence electrons. The van der Waals surface area contributed by atoms with Crippen molar-refractivity contribution in [3.8, 4) is 0 Å². The number of aromatic amines is 1. The number of nitrogens with zero attached hydrogens (tertiary/aromatic N) is 4. The van der Waals surface area contributed by atoms with Gasteiger partial charge < -0.3 is 20.3 Å². The molecule has 0 saturated carbocycles. The molecule has 7 heteroatoms. The zero-order chi connectivity index (χ0) is 14.2. The van der Waals surface area contributed by atoms with Crippen molar-refractivity contribution < 1.29 is 5.11 Å². The van der Waals surface area contributed by atoms with Crippen molar-refractivity contribution in [3.05, 3.63) is 6.33 Å². The highest BCUT2D eigenvalue weighted by Gasteiger charge is 2.29. The van der Waals surface area contributed by atoms with Gasteiger partial charge in [0.05, 0.1) is 11.9 Å². The first-order chi connectivity index (χ1) is 9.59. The number of rotatable bonds is 3. The molecule has 2 aromatic heterocycles. The highest BCUT2D eigenvalue weighted by Crippen LogP contribution is 2.28. The molecule has 0 unspecified atom stereocenters. The van der Waals surface area contributed by atoms with Crippen LogP contribution in [0.25, 0.3) is 11.2 Å². The van der Waals surface area contributed by atoms with E-state index in [0.717, 1.165) is 43.8 Å². The minimum absolute atomic E-state index is 0.568. The minimum atomic E-state index is -0.568. The lowest BCUT2D eigenvalue weighted by atomic mass is 9.94. The van der Waals surface area contributed by atoms with E-state index in [2.05, 4.69) is 30.2 Å². The standard InChI is InChI=1S/C13H20N6O/c1-3-14-12-17-10-9(15-8-16-10)11(18-12)19-6-4-13(2,20)5-7-19/h8,20H,3-7H2,1-2H3,(H2,14,15,16,17,18). The van der Waals surface area contributed by atoms with E-state index < -0.39 is 5.60 Å². The molecular formula is C13H20N6O. The number of hydrogen-bond acceptors (Lipinski definition) is 6. The van der Waals surface area contributed by atoms with Crippen LogP contribution in [0.15, 0.2) is 6.33 Å². The van der Waals surface area contributed by atoms with E-state index in [1.54, 1.807) is 6.33 Å². The third-order valence-electron chi connectivity index (χ3n) is 3.74. The molecule has 3 heterocycles. The van der Waals surface area contributed by atoms with Crippen molar-refractivity contribution in [2.75, 3.05) is 29.9 Å². The summed E-state index contributed by atoms with van der Waals surface area (Å²) in [6, 6.07) is 0. The third kappa shape index (κ3) is 2.40. The molecule has 1 aliphatic heterocycles. The Morgan fingerprint density at radius 2 is 2.15 bits per heavy atom. The van der Waals surface area contributed by atoms with Gasteiger partial charge in [-0.3, -0.25) is 0 Å². The molecule has 0 radical (unpaired) electrons. The largest absolute Gasteiger partial charge is 0.390 e. The Morgan fingerprint density at radius 3 is 2.85 bits per heavy atom. The van der Waals surface area contributed by atoms with Crippen molar-refractivity contribution in [2.24, 2.45) is 0 Å². The van der Waals surface area contributed by atoms with Gasteiger partial charge in [-0.25, -0.2) is 4.98 Å². The lowest BCUT2D eigenvalue weighted by Crippen LogP contribution is -2.43. The summed E-state index contributed by atoms with van der Waals surface area (Å²) < 4.78 is 0. The summed E-state index contributed by atoms with van der Waals surface area (Å²) in [6.07, 6.45) is 3.12. The Morgan fingerprint density at radius 1 is 1.40 bits per heavy atom. The van der Waals surface area contributed by atoms with E-state index in [0.29, 0.717) is 11.6 Å². The molecule has 0 spiro atoms. The SMILES string of the molecule is CCNc1nc(N2CCC(C)(O)CC2)c2[nH]cnc2n1. The van der Waals surface area contributed by atoms with Gasteiger partial charge in [0.2, 0.25) is 5.95 Å². The van der Waals surface area contributed by atoms with Gasteiger partial charge in [-0.15, -0.1) is 0 Å². The van der Waals surface area contributed by atoms with Gasteiger partial charge in [0.25, 0.3) is 0 Å². The predicted octanol–water partition coefficient (Wildman–Crippen LogP) is 1.14. The summed E-state index contributed by atoms with van der Waals surface area (Å²) in [5.41, 5.74) is 0.956. The Bertz CT molecular complexity index is 598. The van der Waals surface area contributed by atoms with Crippen molar-refractivity contribution in [1.82, 2.24) is 19.9 Å². The molecule has 2 aromatic rings. The summed E-state index contributed by atoms with van der Waals surface area (Å²) in [5, 5.41) is 13.2. The van der Waals surface area contributed by atoms with Crippen LogP contribution in [-0.2, 0) is 0 Å². The quantitative estimate of drug-likeness (QED) is 0.779. The zero-order valence-corrected chi connectivity index (χ0v) is 11.8. The second-order valence-corrected chi connectivity index (χ2v) is 5.49. The first-order valence-electron chi connectivity index (χ1n) is 7.01. The fourth-order valence-corrected chi connectivity index (χ4v) is 2.48. The topological polar surface area (TPSA) is 90.0 Å². The summed E-state index contributed by atoms with van der Waals surface area (Å²) in [5.74, 6) is 1.46. The van der Waals surface area contributed by atoms with Crippen molar-refractivity contribution in [3.63, 3.8) is 0 Å². The van der Waals surface area contributed by atoms with E-state index in [-0.39, 0.29) is 0 Å². The smallest absolute Gasteiger partial charge is 0.226 e. The van der Waals surface area contributed by atoms with E-state index >= 15 is 0 Å². The lowest BCUT2D eigenvalue weighted by molar-refractivity contribution is 0.0350. The maximum atomic E-state index is 10.1. The Labute approximate surface area is 117 Å². The van der Waals surface area contributed by atoms with Crippen molar-refractivity contribution in [2.45, 2.75) is 32.3 Å². The number of imidazole rings is 1. The molecule has 20 heavy (non-hydrogen) atoms. The number of aliphatic hydroxyl groups is 1. The number of nitrogens with one attached hydrogen (secondary N) is 2. The molecule has 1 aliphatic rings. The summed E-state index contributed by atoms with van der Waals surface area (Å²) in [4.78, 5) is 18.5.